The van der Waals surface area contributed by atoms with Gasteiger partial charge >= 0.3 is 12.0 Å². The van der Waals surface area contributed by atoms with Crippen molar-refractivity contribution in [2.24, 2.45) is 0 Å². The fourth-order valence-electron chi connectivity index (χ4n) is 1.45. The van der Waals surface area contributed by atoms with Crippen molar-refractivity contribution in [3.05, 3.63) is 29.8 Å². The number of hydrogen-bond acceptors (Lipinski definition) is 4. The van der Waals surface area contributed by atoms with Gasteiger partial charge in [-0.15, -0.1) is 0 Å². The molecule has 0 aliphatic heterocycles. The molecule has 1 rings (SSSR count). The van der Waals surface area contributed by atoms with Gasteiger partial charge < -0.3 is 10.4 Å². The van der Waals surface area contributed by atoms with Crippen LogP contribution in [0.5, 0.6) is 0 Å². The van der Waals surface area contributed by atoms with Crippen molar-refractivity contribution in [3.63, 3.8) is 0 Å². The Hall–Kier alpha value is -2.22. The van der Waals surface area contributed by atoms with Crippen molar-refractivity contribution < 1.29 is 23.7 Å². The van der Waals surface area contributed by atoms with E-state index in [0.717, 1.165) is 0 Å². The van der Waals surface area contributed by atoms with Gasteiger partial charge in [0.1, 0.15) is 5.25 Å². The maximum atomic E-state index is 12.2. The normalized spacial score (nSPS) is 13.0. The molecule has 7 nitrogen and oxygen atoms in total. The van der Waals surface area contributed by atoms with E-state index in [-0.39, 0.29) is 5.56 Å². The van der Waals surface area contributed by atoms with E-state index in [9.17, 15) is 18.6 Å². The molecule has 3 N–H and O–H groups in total. The molecule has 0 saturated heterocycles. The minimum atomic E-state index is -1.69. The standard InChI is InChI=1S/C13H16N2O5S/c1-3-14-13(19)15-11(16)8(2)21(20)10-6-4-9(5-7-10)12(17)18/h4-8H,3H2,1-2H3,(H,17,18)(H2,14,15,16,19). The second kappa shape index (κ2) is 7.53. The number of aromatic carboxylic acids is 1. The lowest BCUT2D eigenvalue weighted by molar-refractivity contribution is -0.119. The first-order chi connectivity index (χ1) is 9.86. The molecule has 2 unspecified atom stereocenters. The third-order valence-corrected chi connectivity index (χ3v) is 4.19. The van der Waals surface area contributed by atoms with Crippen LogP contribution in [-0.4, -0.2) is 39.0 Å². The number of imide groups is 1. The first kappa shape index (κ1) is 16.8. The average molecular weight is 312 g/mol. The maximum Gasteiger partial charge on any atom is 0.335 e. The highest BCUT2D eigenvalue weighted by Crippen LogP contribution is 2.13. The molecule has 0 aliphatic rings. The van der Waals surface area contributed by atoms with Gasteiger partial charge in [0.05, 0.1) is 16.4 Å². The lowest BCUT2D eigenvalue weighted by atomic mass is 10.2. The summed E-state index contributed by atoms with van der Waals surface area (Å²) in [5.74, 6) is -1.75. The van der Waals surface area contributed by atoms with Crippen molar-refractivity contribution in [1.29, 1.82) is 0 Å². The van der Waals surface area contributed by atoms with Crippen molar-refractivity contribution in [1.82, 2.24) is 10.6 Å². The fraction of sp³-hybridized carbons (Fsp3) is 0.308. The van der Waals surface area contributed by atoms with Gasteiger partial charge in [-0.05, 0) is 38.1 Å². The van der Waals surface area contributed by atoms with Crippen LogP contribution in [0.15, 0.2) is 29.2 Å². The van der Waals surface area contributed by atoms with Crippen LogP contribution in [0.3, 0.4) is 0 Å². The van der Waals surface area contributed by atoms with Crippen LogP contribution < -0.4 is 10.6 Å². The molecule has 114 valence electrons. The van der Waals surface area contributed by atoms with Crippen molar-refractivity contribution >= 4 is 28.7 Å². The third kappa shape index (κ3) is 4.67. The molecular weight excluding hydrogens is 296 g/mol. The molecule has 8 heteroatoms. The Labute approximate surface area is 124 Å². The highest BCUT2D eigenvalue weighted by molar-refractivity contribution is 7.86. The van der Waals surface area contributed by atoms with Crippen molar-refractivity contribution in [2.45, 2.75) is 24.0 Å². The quantitative estimate of drug-likeness (QED) is 0.742. The highest BCUT2D eigenvalue weighted by Gasteiger charge is 2.23. The molecule has 0 radical (unpaired) electrons. The molecule has 0 heterocycles. The predicted octanol–water partition coefficient (Wildman–Crippen LogP) is 0.727. The Morgan fingerprint density at radius 1 is 1.24 bits per heavy atom. The van der Waals surface area contributed by atoms with Crippen LogP contribution in [-0.2, 0) is 15.6 Å². The fourth-order valence-corrected chi connectivity index (χ4v) is 2.52. The van der Waals surface area contributed by atoms with Gasteiger partial charge in [0.25, 0.3) is 0 Å². The molecule has 1 aromatic carbocycles. The summed E-state index contributed by atoms with van der Waals surface area (Å²) in [6, 6.07) is 4.74. The van der Waals surface area contributed by atoms with Gasteiger partial charge in [0, 0.05) is 11.4 Å². The minimum absolute atomic E-state index is 0.0650. The average Bonchev–Trinajstić information content (AvgIpc) is 2.45. The summed E-state index contributed by atoms with van der Waals surface area (Å²) in [5.41, 5.74) is 0.0650. The second-order valence-electron chi connectivity index (χ2n) is 4.12. The van der Waals surface area contributed by atoms with E-state index in [1.54, 1.807) is 6.92 Å². The molecule has 0 bridgehead atoms. The first-order valence-corrected chi connectivity index (χ1v) is 7.40. The van der Waals surface area contributed by atoms with E-state index in [0.29, 0.717) is 11.4 Å². The summed E-state index contributed by atoms with van der Waals surface area (Å²) in [7, 11) is -1.69. The molecule has 3 amide bonds. The van der Waals surface area contributed by atoms with Crippen LogP contribution in [0, 0.1) is 0 Å². The number of urea groups is 1. The van der Waals surface area contributed by atoms with E-state index in [4.69, 9.17) is 5.11 Å². The molecule has 0 aromatic heterocycles. The monoisotopic (exact) mass is 312 g/mol. The molecule has 0 spiro atoms. The van der Waals surface area contributed by atoms with E-state index >= 15 is 0 Å². The Morgan fingerprint density at radius 2 is 1.81 bits per heavy atom. The molecule has 0 fully saturated rings. The summed E-state index contributed by atoms with van der Waals surface area (Å²) >= 11 is 0. The zero-order chi connectivity index (χ0) is 16.0. The highest BCUT2D eigenvalue weighted by atomic mass is 32.2. The van der Waals surface area contributed by atoms with E-state index in [1.807, 2.05) is 0 Å². The number of carbonyl (C=O) groups is 3. The number of carbonyl (C=O) groups excluding carboxylic acids is 2. The summed E-state index contributed by atoms with van der Waals surface area (Å²) in [6.45, 7) is 3.50. The molecule has 1 aromatic rings. The Kier molecular flexibility index (Phi) is 6.04. The smallest absolute Gasteiger partial charge is 0.335 e. The van der Waals surface area contributed by atoms with Gasteiger partial charge in [-0.1, -0.05) is 0 Å². The van der Waals surface area contributed by atoms with Gasteiger partial charge in [-0.3, -0.25) is 14.3 Å². The molecule has 0 aliphatic carbocycles. The van der Waals surface area contributed by atoms with Gasteiger partial charge in [0.2, 0.25) is 5.91 Å². The zero-order valence-corrected chi connectivity index (χ0v) is 12.4. The van der Waals surface area contributed by atoms with Crippen molar-refractivity contribution in [3.8, 4) is 0 Å². The molecule has 2 atom stereocenters. The number of carboxylic acid groups (broad SMARTS) is 1. The number of hydrogen-bond donors (Lipinski definition) is 3. The predicted molar refractivity (Wildman–Crippen MR) is 76.5 cm³/mol. The lowest BCUT2D eigenvalue weighted by Crippen LogP contribution is -2.44. The topological polar surface area (TPSA) is 113 Å². The number of rotatable bonds is 5. The molecule has 0 saturated carbocycles. The molecule has 21 heavy (non-hydrogen) atoms. The number of carboxylic acids is 1. The Bertz CT molecular complexity index is 570. The maximum absolute atomic E-state index is 12.2. The summed E-state index contributed by atoms with van der Waals surface area (Å²) < 4.78 is 12.2. The van der Waals surface area contributed by atoms with E-state index in [1.165, 1.54) is 31.2 Å². The second-order valence-corrected chi connectivity index (χ2v) is 5.89. The van der Waals surface area contributed by atoms with Gasteiger partial charge in [-0.25, -0.2) is 9.59 Å². The third-order valence-electron chi connectivity index (χ3n) is 2.60. The van der Waals surface area contributed by atoms with Gasteiger partial charge in [0.15, 0.2) is 0 Å². The van der Waals surface area contributed by atoms with Crippen LogP contribution in [0.1, 0.15) is 24.2 Å². The Balaban J connectivity index is 2.75. The van der Waals surface area contributed by atoms with Gasteiger partial charge in [-0.2, -0.15) is 0 Å². The number of benzene rings is 1. The SMILES string of the molecule is CCNC(=O)NC(=O)C(C)S(=O)c1ccc(C(=O)O)cc1. The number of nitrogens with one attached hydrogen (secondary N) is 2. The van der Waals surface area contributed by atoms with E-state index < -0.39 is 34.0 Å². The number of amides is 3. The summed E-state index contributed by atoms with van der Waals surface area (Å²) in [6.07, 6.45) is 0. The van der Waals surface area contributed by atoms with Crippen LogP contribution in [0.2, 0.25) is 0 Å². The van der Waals surface area contributed by atoms with E-state index in [2.05, 4.69) is 10.6 Å². The lowest BCUT2D eigenvalue weighted by Gasteiger charge is -2.11. The largest absolute Gasteiger partial charge is 0.478 e. The molecular formula is C13H16N2O5S. The Morgan fingerprint density at radius 3 is 2.29 bits per heavy atom. The first-order valence-electron chi connectivity index (χ1n) is 6.19. The zero-order valence-electron chi connectivity index (χ0n) is 11.6. The van der Waals surface area contributed by atoms with Crippen LogP contribution in [0.4, 0.5) is 4.79 Å². The van der Waals surface area contributed by atoms with Crippen molar-refractivity contribution in [2.75, 3.05) is 6.54 Å². The van der Waals surface area contributed by atoms with Crippen LogP contribution >= 0.6 is 0 Å². The summed E-state index contributed by atoms with van der Waals surface area (Å²) in [4.78, 5) is 34.0. The summed E-state index contributed by atoms with van der Waals surface area (Å²) in [5, 5.41) is 12.3. The minimum Gasteiger partial charge on any atom is -0.478 e. The van der Waals surface area contributed by atoms with Crippen LogP contribution in [0.25, 0.3) is 0 Å².